The highest BCUT2D eigenvalue weighted by Gasteiger charge is 2.34. The number of nitro benzene ring substituents is 1. The Kier molecular flexibility index (Phi) is 3.48. The van der Waals surface area contributed by atoms with Crippen LogP contribution in [0.5, 0.6) is 0 Å². The summed E-state index contributed by atoms with van der Waals surface area (Å²) in [5.41, 5.74) is 2.70. The number of carboxylic acid groups (broad SMARTS) is 1. The SMILES string of the molecule is CCC1c2cc(C(=O)O)cnc2-c2cccc([N+](=O)[O-])c2N1C. The molecule has 1 aromatic carbocycles. The molecule has 7 nitrogen and oxygen atoms in total. The van der Waals surface area contributed by atoms with Crippen molar-refractivity contribution in [1.82, 2.24) is 4.98 Å². The van der Waals surface area contributed by atoms with Crippen LogP contribution in [0, 0.1) is 10.1 Å². The topological polar surface area (TPSA) is 96.6 Å². The standard InChI is InChI=1S/C16H15N3O4/c1-3-12-11-7-9(16(20)21)8-17-14(11)10-5-4-6-13(19(22)23)15(10)18(12)2/h4-8,12H,3H2,1-2H3,(H,20,21). The van der Waals surface area contributed by atoms with E-state index in [0.29, 0.717) is 23.4 Å². The predicted molar refractivity (Wildman–Crippen MR) is 84.7 cm³/mol. The summed E-state index contributed by atoms with van der Waals surface area (Å²) in [7, 11) is 1.79. The van der Waals surface area contributed by atoms with Gasteiger partial charge in [-0.3, -0.25) is 15.1 Å². The Balaban J connectivity index is 2.32. The Morgan fingerprint density at radius 3 is 2.83 bits per heavy atom. The van der Waals surface area contributed by atoms with Gasteiger partial charge in [0.1, 0.15) is 5.69 Å². The lowest BCUT2D eigenvalue weighted by molar-refractivity contribution is -0.384. The molecule has 0 bridgehead atoms. The maximum Gasteiger partial charge on any atom is 0.337 e. The first-order chi connectivity index (χ1) is 11.0. The molecule has 1 aliphatic rings. The second kappa shape index (κ2) is 5.35. The third-order valence-corrected chi connectivity index (χ3v) is 4.20. The van der Waals surface area contributed by atoms with Crippen LogP contribution in [0.2, 0.25) is 0 Å². The molecular formula is C16H15N3O4. The van der Waals surface area contributed by atoms with E-state index in [9.17, 15) is 20.0 Å². The van der Waals surface area contributed by atoms with E-state index in [4.69, 9.17) is 0 Å². The Labute approximate surface area is 132 Å². The molecule has 3 rings (SSSR count). The van der Waals surface area contributed by atoms with Gasteiger partial charge < -0.3 is 10.0 Å². The summed E-state index contributed by atoms with van der Waals surface area (Å²) in [5, 5.41) is 20.5. The van der Waals surface area contributed by atoms with Crippen molar-refractivity contribution >= 4 is 17.3 Å². The first kappa shape index (κ1) is 15.0. The predicted octanol–water partition coefficient (Wildman–Crippen LogP) is 3.26. The third-order valence-electron chi connectivity index (χ3n) is 4.20. The lowest BCUT2D eigenvalue weighted by Gasteiger charge is -2.36. The minimum absolute atomic E-state index is 0.0261. The molecular weight excluding hydrogens is 298 g/mol. The van der Waals surface area contributed by atoms with Gasteiger partial charge in [0.2, 0.25) is 0 Å². The minimum atomic E-state index is -1.04. The van der Waals surface area contributed by atoms with Crippen LogP contribution in [0.3, 0.4) is 0 Å². The van der Waals surface area contributed by atoms with Gasteiger partial charge in [-0.25, -0.2) is 4.79 Å². The fourth-order valence-corrected chi connectivity index (χ4v) is 3.18. The van der Waals surface area contributed by atoms with Crippen LogP contribution in [0.15, 0.2) is 30.5 Å². The van der Waals surface area contributed by atoms with Crippen LogP contribution in [-0.4, -0.2) is 28.0 Å². The second-order valence-electron chi connectivity index (χ2n) is 5.43. The van der Waals surface area contributed by atoms with Crippen molar-refractivity contribution in [3.05, 3.63) is 51.7 Å². The van der Waals surface area contributed by atoms with E-state index in [-0.39, 0.29) is 17.3 Å². The highest BCUT2D eigenvalue weighted by Crippen LogP contribution is 2.48. The Morgan fingerprint density at radius 1 is 1.48 bits per heavy atom. The Morgan fingerprint density at radius 2 is 2.22 bits per heavy atom. The number of nitro groups is 1. The van der Waals surface area contributed by atoms with Gasteiger partial charge in [0.25, 0.3) is 5.69 Å². The molecule has 0 aliphatic carbocycles. The molecule has 1 aromatic heterocycles. The summed E-state index contributed by atoms with van der Waals surface area (Å²) < 4.78 is 0. The molecule has 0 amide bonds. The molecule has 7 heteroatoms. The zero-order valence-electron chi connectivity index (χ0n) is 12.7. The molecule has 0 spiro atoms. The number of hydrogen-bond acceptors (Lipinski definition) is 5. The van der Waals surface area contributed by atoms with Gasteiger partial charge in [-0.15, -0.1) is 0 Å². The molecule has 2 heterocycles. The number of hydrogen-bond donors (Lipinski definition) is 1. The highest BCUT2D eigenvalue weighted by molar-refractivity contribution is 5.91. The molecule has 1 N–H and O–H groups in total. The zero-order valence-corrected chi connectivity index (χ0v) is 12.7. The first-order valence-electron chi connectivity index (χ1n) is 7.19. The molecule has 118 valence electrons. The van der Waals surface area contributed by atoms with Gasteiger partial charge in [0.05, 0.1) is 22.2 Å². The fourth-order valence-electron chi connectivity index (χ4n) is 3.18. The maximum absolute atomic E-state index is 11.3. The average molecular weight is 313 g/mol. The number of pyridine rings is 1. The smallest absolute Gasteiger partial charge is 0.337 e. The number of aromatic nitrogens is 1. The van der Waals surface area contributed by atoms with Crippen molar-refractivity contribution < 1.29 is 14.8 Å². The molecule has 2 aromatic rings. The second-order valence-corrected chi connectivity index (χ2v) is 5.43. The first-order valence-corrected chi connectivity index (χ1v) is 7.19. The van der Waals surface area contributed by atoms with Crippen molar-refractivity contribution in [2.75, 3.05) is 11.9 Å². The number of fused-ring (bicyclic) bond motifs is 3. The zero-order chi connectivity index (χ0) is 16.7. The molecule has 1 unspecified atom stereocenters. The van der Waals surface area contributed by atoms with Gasteiger partial charge in [-0.1, -0.05) is 19.1 Å². The van der Waals surface area contributed by atoms with E-state index in [1.54, 1.807) is 25.2 Å². The van der Waals surface area contributed by atoms with Crippen LogP contribution >= 0.6 is 0 Å². The quantitative estimate of drug-likeness (QED) is 0.690. The molecule has 1 aliphatic heterocycles. The Hall–Kier alpha value is -2.96. The number of carboxylic acids is 1. The van der Waals surface area contributed by atoms with Crippen molar-refractivity contribution in [2.24, 2.45) is 0 Å². The van der Waals surface area contributed by atoms with Crippen LogP contribution in [0.4, 0.5) is 11.4 Å². The Bertz CT molecular complexity index is 819. The fraction of sp³-hybridized carbons (Fsp3) is 0.250. The number of carbonyl (C=O) groups is 1. The van der Waals surface area contributed by atoms with E-state index < -0.39 is 10.9 Å². The molecule has 0 saturated heterocycles. The average Bonchev–Trinajstić information content (AvgIpc) is 2.54. The van der Waals surface area contributed by atoms with Crippen LogP contribution in [-0.2, 0) is 0 Å². The summed E-state index contributed by atoms with van der Waals surface area (Å²) in [6, 6.07) is 6.31. The summed E-state index contributed by atoms with van der Waals surface area (Å²) in [6.45, 7) is 1.96. The summed E-state index contributed by atoms with van der Waals surface area (Å²) in [5.74, 6) is -1.04. The number of rotatable bonds is 3. The molecule has 1 atom stereocenters. The minimum Gasteiger partial charge on any atom is -0.478 e. The lowest BCUT2D eigenvalue weighted by Crippen LogP contribution is -2.29. The van der Waals surface area contributed by atoms with E-state index >= 15 is 0 Å². The molecule has 0 radical (unpaired) electrons. The monoisotopic (exact) mass is 313 g/mol. The number of para-hydroxylation sites is 1. The van der Waals surface area contributed by atoms with Gasteiger partial charge in [0, 0.05) is 30.4 Å². The van der Waals surface area contributed by atoms with Gasteiger partial charge in [-0.2, -0.15) is 0 Å². The van der Waals surface area contributed by atoms with Gasteiger partial charge in [-0.05, 0) is 12.5 Å². The van der Waals surface area contributed by atoms with Crippen molar-refractivity contribution in [3.63, 3.8) is 0 Å². The maximum atomic E-state index is 11.3. The van der Waals surface area contributed by atoms with E-state index in [1.807, 2.05) is 11.8 Å². The lowest BCUT2D eigenvalue weighted by atomic mass is 9.89. The largest absolute Gasteiger partial charge is 0.478 e. The van der Waals surface area contributed by atoms with Gasteiger partial charge >= 0.3 is 5.97 Å². The number of anilines is 1. The number of benzene rings is 1. The van der Waals surface area contributed by atoms with E-state index in [0.717, 1.165) is 5.56 Å². The summed E-state index contributed by atoms with van der Waals surface area (Å²) in [6.07, 6.45) is 1.97. The van der Waals surface area contributed by atoms with Crippen LogP contribution in [0.25, 0.3) is 11.3 Å². The molecule has 0 saturated carbocycles. The van der Waals surface area contributed by atoms with E-state index in [2.05, 4.69) is 4.98 Å². The highest BCUT2D eigenvalue weighted by atomic mass is 16.6. The third kappa shape index (κ3) is 2.21. The summed E-state index contributed by atoms with van der Waals surface area (Å²) in [4.78, 5) is 28.3. The normalized spacial score (nSPS) is 15.7. The van der Waals surface area contributed by atoms with E-state index in [1.165, 1.54) is 12.3 Å². The van der Waals surface area contributed by atoms with Crippen molar-refractivity contribution in [1.29, 1.82) is 0 Å². The summed E-state index contributed by atoms with van der Waals surface area (Å²) >= 11 is 0. The van der Waals surface area contributed by atoms with Crippen LogP contribution < -0.4 is 4.90 Å². The number of aromatic carboxylic acids is 1. The van der Waals surface area contributed by atoms with Crippen LogP contribution in [0.1, 0.15) is 35.3 Å². The molecule has 0 fully saturated rings. The van der Waals surface area contributed by atoms with Gasteiger partial charge in [0.15, 0.2) is 0 Å². The van der Waals surface area contributed by atoms with Crippen molar-refractivity contribution in [2.45, 2.75) is 19.4 Å². The number of nitrogens with zero attached hydrogens (tertiary/aromatic N) is 3. The molecule has 23 heavy (non-hydrogen) atoms. The van der Waals surface area contributed by atoms with Crippen molar-refractivity contribution in [3.8, 4) is 11.3 Å².